The van der Waals surface area contributed by atoms with E-state index in [0.29, 0.717) is 13.2 Å². The van der Waals surface area contributed by atoms with Crippen molar-refractivity contribution in [2.75, 3.05) is 13.2 Å². The van der Waals surface area contributed by atoms with Gasteiger partial charge in [0.1, 0.15) is 6.10 Å². The maximum Gasteiger partial charge on any atom is 0.369 e. The number of hydrogen-bond donors (Lipinski definition) is 0. The van der Waals surface area contributed by atoms with Crippen LogP contribution in [0.15, 0.2) is 30.3 Å². The summed E-state index contributed by atoms with van der Waals surface area (Å²) in [5.41, 5.74) is 0.850. The van der Waals surface area contributed by atoms with Crippen molar-refractivity contribution in [3.8, 4) is 0 Å². The van der Waals surface area contributed by atoms with E-state index in [1.807, 2.05) is 37.3 Å². The molecule has 0 radical (unpaired) electrons. The Labute approximate surface area is 108 Å². The van der Waals surface area contributed by atoms with Crippen molar-refractivity contribution >= 4 is 7.60 Å². The Hall–Kier alpha value is -0.670. The zero-order valence-corrected chi connectivity index (χ0v) is 11.9. The molecule has 5 heteroatoms. The molecule has 100 valence electrons. The summed E-state index contributed by atoms with van der Waals surface area (Å²) < 4.78 is 29.4. The van der Waals surface area contributed by atoms with Gasteiger partial charge < -0.3 is 13.8 Å². The van der Waals surface area contributed by atoms with Crippen molar-refractivity contribution in [2.24, 2.45) is 0 Å². The zero-order chi connectivity index (χ0) is 13.2. The second-order valence-electron chi connectivity index (χ2n) is 4.16. The van der Waals surface area contributed by atoms with Crippen LogP contribution in [-0.2, 0) is 23.7 Å². The molecule has 2 atom stereocenters. The highest BCUT2D eigenvalue weighted by atomic mass is 31.2. The van der Waals surface area contributed by atoms with Gasteiger partial charge in [-0.1, -0.05) is 30.3 Å². The monoisotopic (exact) mass is 270 g/mol. The molecule has 1 fully saturated rings. The highest BCUT2D eigenvalue weighted by molar-refractivity contribution is 7.55. The van der Waals surface area contributed by atoms with Crippen molar-refractivity contribution < 1.29 is 18.3 Å². The van der Waals surface area contributed by atoms with E-state index in [9.17, 15) is 4.57 Å². The van der Waals surface area contributed by atoms with Gasteiger partial charge >= 0.3 is 7.60 Å². The molecule has 0 saturated carbocycles. The van der Waals surface area contributed by atoms with E-state index in [1.54, 1.807) is 13.8 Å². The minimum atomic E-state index is -3.31. The van der Waals surface area contributed by atoms with Crippen LogP contribution in [0.5, 0.6) is 0 Å². The molecule has 0 N–H and O–H groups in total. The van der Waals surface area contributed by atoms with Crippen LogP contribution in [-0.4, -0.2) is 19.3 Å². The fraction of sp³-hybridized carbons (Fsp3) is 0.538. The lowest BCUT2D eigenvalue weighted by Crippen LogP contribution is -2.17. The topological polar surface area (TPSA) is 48.1 Å². The van der Waals surface area contributed by atoms with E-state index < -0.39 is 12.9 Å². The lowest BCUT2D eigenvalue weighted by atomic mass is 10.1. The van der Waals surface area contributed by atoms with Gasteiger partial charge in [0.05, 0.1) is 13.2 Å². The first-order chi connectivity index (χ1) is 8.60. The van der Waals surface area contributed by atoms with Crippen molar-refractivity contribution in [1.82, 2.24) is 0 Å². The molecule has 1 heterocycles. The van der Waals surface area contributed by atoms with Gasteiger partial charge in [-0.2, -0.15) is 0 Å². The number of ether oxygens (including phenoxy) is 1. The Morgan fingerprint density at radius 3 is 2.11 bits per heavy atom. The lowest BCUT2D eigenvalue weighted by molar-refractivity contribution is 0.187. The average molecular weight is 270 g/mol. The van der Waals surface area contributed by atoms with Gasteiger partial charge in [-0.05, 0) is 26.3 Å². The van der Waals surface area contributed by atoms with E-state index in [0.717, 1.165) is 5.56 Å². The second-order valence-corrected chi connectivity index (χ2v) is 6.33. The Bertz CT molecular complexity index is 438. The summed E-state index contributed by atoms with van der Waals surface area (Å²) in [6.07, 6.45) is -0.163. The van der Waals surface area contributed by atoms with Crippen molar-refractivity contribution in [1.29, 1.82) is 0 Å². The summed E-state index contributed by atoms with van der Waals surface area (Å²) in [5, 5.41) is -0.930. The third kappa shape index (κ3) is 2.04. The van der Waals surface area contributed by atoms with Crippen LogP contribution in [0.2, 0.25) is 0 Å². The van der Waals surface area contributed by atoms with Gasteiger partial charge in [0, 0.05) is 0 Å². The van der Waals surface area contributed by atoms with E-state index in [1.165, 1.54) is 0 Å². The van der Waals surface area contributed by atoms with Crippen LogP contribution in [0.4, 0.5) is 0 Å². The molecule has 0 bridgehead atoms. The van der Waals surface area contributed by atoms with Gasteiger partial charge in [-0.25, -0.2) is 0 Å². The molecule has 2 rings (SSSR count). The molecular weight excluding hydrogens is 251 g/mol. The number of hydrogen-bond acceptors (Lipinski definition) is 4. The highest BCUT2D eigenvalue weighted by Gasteiger charge is 2.69. The fourth-order valence-corrected chi connectivity index (χ4v) is 4.57. The largest absolute Gasteiger partial charge is 0.369 e. The maximum atomic E-state index is 12.9. The first kappa shape index (κ1) is 13.8. The summed E-state index contributed by atoms with van der Waals surface area (Å²) in [4.78, 5) is 0. The minimum absolute atomic E-state index is 0.163. The maximum absolute atomic E-state index is 12.9. The smallest absolute Gasteiger partial charge is 0.348 e. The number of benzene rings is 1. The summed E-state index contributed by atoms with van der Waals surface area (Å²) in [7, 11) is -3.31. The van der Waals surface area contributed by atoms with Gasteiger partial charge in [0.15, 0.2) is 0 Å². The van der Waals surface area contributed by atoms with Crippen LogP contribution < -0.4 is 0 Å². The molecule has 1 saturated heterocycles. The third-order valence-corrected chi connectivity index (χ3v) is 5.78. The molecule has 1 aliphatic heterocycles. The van der Waals surface area contributed by atoms with Crippen molar-refractivity contribution in [2.45, 2.75) is 32.2 Å². The summed E-state index contributed by atoms with van der Waals surface area (Å²) in [5.74, 6) is 0. The van der Waals surface area contributed by atoms with Crippen molar-refractivity contribution in [3.63, 3.8) is 0 Å². The first-order valence-electron chi connectivity index (χ1n) is 6.23. The Kier molecular flexibility index (Phi) is 3.93. The molecule has 18 heavy (non-hydrogen) atoms. The standard InChI is InChI=1S/C13H19O4P/c1-4-15-18(14,16-5-2)13(11(3)17-13)12-9-7-6-8-10-12/h6-11H,4-5H2,1-3H3. The molecule has 0 aliphatic carbocycles. The lowest BCUT2D eigenvalue weighted by Gasteiger charge is -2.24. The van der Waals surface area contributed by atoms with Gasteiger partial charge in [-0.15, -0.1) is 0 Å². The number of rotatable bonds is 6. The highest BCUT2D eigenvalue weighted by Crippen LogP contribution is 2.74. The second kappa shape index (κ2) is 5.14. The Morgan fingerprint density at radius 2 is 1.72 bits per heavy atom. The van der Waals surface area contributed by atoms with Crippen LogP contribution in [0.3, 0.4) is 0 Å². The predicted octanol–water partition coefficient (Wildman–Crippen LogP) is 3.52. The molecule has 0 spiro atoms. The Balaban J connectivity index is 2.41. The average Bonchev–Trinajstić information content (AvgIpc) is 3.05. The molecule has 1 aromatic rings. The van der Waals surface area contributed by atoms with Crippen molar-refractivity contribution in [3.05, 3.63) is 35.9 Å². The summed E-state index contributed by atoms with van der Waals surface area (Å²) in [6, 6.07) is 9.50. The van der Waals surface area contributed by atoms with Gasteiger partial charge in [0.2, 0.25) is 5.34 Å². The van der Waals surface area contributed by atoms with Gasteiger partial charge in [-0.3, -0.25) is 4.57 Å². The van der Waals surface area contributed by atoms with Crippen LogP contribution in [0, 0.1) is 0 Å². The first-order valence-corrected chi connectivity index (χ1v) is 7.77. The molecule has 4 nitrogen and oxygen atoms in total. The van der Waals surface area contributed by atoms with E-state index >= 15 is 0 Å². The molecule has 0 aromatic heterocycles. The SMILES string of the molecule is CCOP(=O)(OCC)C1(c2ccccc2)OC1C. The molecule has 2 unspecified atom stereocenters. The van der Waals surface area contributed by atoms with Crippen LogP contribution in [0.1, 0.15) is 26.3 Å². The quantitative estimate of drug-likeness (QED) is 0.586. The molecule has 1 aliphatic rings. The number of epoxide rings is 1. The predicted molar refractivity (Wildman–Crippen MR) is 69.5 cm³/mol. The van der Waals surface area contributed by atoms with E-state index in [2.05, 4.69) is 0 Å². The van der Waals surface area contributed by atoms with E-state index in [4.69, 9.17) is 13.8 Å². The normalized spacial score (nSPS) is 27.2. The summed E-state index contributed by atoms with van der Waals surface area (Å²) in [6.45, 7) is 6.16. The molecule has 1 aromatic carbocycles. The zero-order valence-electron chi connectivity index (χ0n) is 11.0. The van der Waals surface area contributed by atoms with Crippen LogP contribution in [0.25, 0.3) is 0 Å². The summed E-state index contributed by atoms with van der Waals surface area (Å²) >= 11 is 0. The van der Waals surface area contributed by atoms with Gasteiger partial charge in [0.25, 0.3) is 0 Å². The Morgan fingerprint density at radius 1 is 1.22 bits per heavy atom. The molecule has 0 amide bonds. The van der Waals surface area contributed by atoms with E-state index in [-0.39, 0.29) is 6.10 Å². The van der Waals surface area contributed by atoms with Crippen LogP contribution >= 0.6 is 7.60 Å². The molecular formula is C13H19O4P. The third-order valence-electron chi connectivity index (χ3n) is 3.04. The fourth-order valence-electron chi connectivity index (χ4n) is 2.23. The minimum Gasteiger partial charge on any atom is -0.348 e.